The van der Waals surface area contributed by atoms with Gasteiger partial charge in [-0.2, -0.15) is 5.26 Å². The van der Waals surface area contributed by atoms with E-state index < -0.39 is 11.6 Å². The first kappa shape index (κ1) is 12.0. The molecule has 0 radical (unpaired) electrons. The Bertz CT molecular complexity index is 634. The van der Waals surface area contributed by atoms with Crippen LogP contribution in [0.15, 0.2) is 30.3 Å². The van der Waals surface area contributed by atoms with Crippen LogP contribution >= 0.6 is 0 Å². The minimum Gasteiger partial charge on any atom is -0.307 e. The molecular formula is C12H8F2N4. The third kappa shape index (κ3) is 2.12. The molecule has 1 aromatic carbocycles. The Labute approximate surface area is 102 Å². The first-order valence-electron chi connectivity index (χ1n) is 4.99. The highest BCUT2D eigenvalue weighted by Gasteiger charge is 2.10. The lowest BCUT2D eigenvalue weighted by atomic mass is 10.1. The van der Waals surface area contributed by atoms with Crippen LogP contribution in [-0.2, 0) is 0 Å². The Balaban J connectivity index is 2.55. The molecular weight excluding hydrogens is 238 g/mol. The Hall–Kier alpha value is -2.52. The molecule has 0 unspecified atom stereocenters. The van der Waals surface area contributed by atoms with Gasteiger partial charge in [0.15, 0.2) is 5.82 Å². The number of nitrogen functional groups attached to an aromatic ring is 1. The molecule has 1 heterocycles. The molecule has 6 heteroatoms. The fraction of sp³-hybridized carbons (Fsp3) is 0. The van der Waals surface area contributed by atoms with Gasteiger partial charge < -0.3 is 5.43 Å². The maximum absolute atomic E-state index is 13.6. The lowest BCUT2D eigenvalue weighted by molar-refractivity contribution is 0.585. The number of aromatic nitrogens is 1. The second-order valence-corrected chi connectivity index (χ2v) is 3.47. The summed E-state index contributed by atoms with van der Waals surface area (Å²) in [7, 11) is 0. The average Bonchev–Trinajstić information content (AvgIpc) is 2.38. The van der Waals surface area contributed by atoms with Crippen molar-refractivity contribution in [3.8, 4) is 17.3 Å². The number of halogens is 2. The predicted molar refractivity (Wildman–Crippen MR) is 62.1 cm³/mol. The zero-order valence-corrected chi connectivity index (χ0v) is 9.11. The number of hydrogen-bond donors (Lipinski definition) is 2. The third-order valence-corrected chi connectivity index (χ3v) is 2.36. The summed E-state index contributed by atoms with van der Waals surface area (Å²) in [6, 6.07) is 8.00. The van der Waals surface area contributed by atoms with E-state index in [2.05, 4.69) is 10.4 Å². The van der Waals surface area contributed by atoms with Gasteiger partial charge in [0.25, 0.3) is 0 Å². The van der Waals surface area contributed by atoms with Crippen LogP contribution in [0.1, 0.15) is 5.56 Å². The van der Waals surface area contributed by atoms with Crippen LogP contribution in [0.4, 0.5) is 14.6 Å². The van der Waals surface area contributed by atoms with Crippen LogP contribution in [0.25, 0.3) is 11.3 Å². The summed E-state index contributed by atoms with van der Waals surface area (Å²) in [4.78, 5) is 4.00. The molecule has 0 amide bonds. The SMILES string of the molecule is N#Cc1ccc(-c2ccc(F)cc2F)nc1NN. The van der Waals surface area contributed by atoms with Crippen LogP contribution in [0.2, 0.25) is 0 Å². The van der Waals surface area contributed by atoms with Gasteiger partial charge in [-0.25, -0.2) is 19.6 Å². The van der Waals surface area contributed by atoms with Crippen LogP contribution in [0, 0.1) is 23.0 Å². The van der Waals surface area contributed by atoms with Crippen LogP contribution in [0.5, 0.6) is 0 Å². The molecule has 4 nitrogen and oxygen atoms in total. The summed E-state index contributed by atoms with van der Waals surface area (Å²) in [5.74, 6) is 3.96. The zero-order chi connectivity index (χ0) is 13.1. The van der Waals surface area contributed by atoms with E-state index in [-0.39, 0.29) is 22.6 Å². The van der Waals surface area contributed by atoms with Crippen molar-refractivity contribution in [3.63, 3.8) is 0 Å². The highest BCUT2D eigenvalue weighted by Crippen LogP contribution is 2.24. The molecule has 0 bridgehead atoms. The number of hydrazine groups is 1. The molecule has 90 valence electrons. The molecule has 0 spiro atoms. The van der Waals surface area contributed by atoms with E-state index in [0.29, 0.717) is 0 Å². The summed E-state index contributed by atoms with van der Waals surface area (Å²) < 4.78 is 26.3. The van der Waals surface area contributed by atoms with Crippen molar-refractivity contribution < 1.29 is 8.78 Å². The monoisotopic (exact) mass is 246 g/mol. The number of nitrogens with two attached hydrogens (primary N) is 1. The first-order chi connectivity index (χ1) is 8.65. The Morgan fingerprint density at radius 3 is 2.61 bits per heavy atom. The lowest BCUT2D eigenvalue weighted by Gasteiger charge is -2.06. The van der Waals surface area contributed by atoms with Gasteiger partial charge in [-0.1, -0.05) is 0 Å². The Kier molecular flexibility index (Phi) is 3.17. The maximum Gasteiger partial charge on any atom is 0.158 e. The van der Waals surface area contributed by atoms with E-state index >= 15 is 0 Å². The minimum atomic E-state index is -0.727. The maximum atomic E-state index is 13.6. The smallest absolute Gasteiger partial charge is 0.158 e. The van der Waals surface area contributed by atoms with Gasteiger partial charge >= 0.3 is 0 Å². The molecule has 1 aromatic heterocycles. The Morgan fingerprint density at radius 1 is 1.22 bits per heavy atom. The van der Waals surface area contributed by atoms with Crippen molar-refractivity contribution in [1.82, 2.24) is 4.98 Å². The van der Waals surface area contributed by atoms with Crippen molar-refractivity contribution in [2.45, 2.75) is 0 Å². The fourth-order valence-electron chi connectivity index (χ4n) is 1.51. The standard InChI is InChI=1S/C12H8F2N4/c13-8-2-3-9(10(14)5-8)11-4-1-7(6-15)12(17-11)18-16/h1-5H,16H2,(H,17,18). The van der Waals surface area contributed by atoms with Crippen LogP contribution in [0.3, 0.4) is 0 Å². The van der Waals surface area contributed by atoms with E-state index in [4.69, 9.17) is 11.1 Å². The molecule has 3 N–H and O–H groups in total. The van der Waals surface area contributed by atoms with Gasteiger partial charge in [-0.3, -0.25) is 0 Å². The number of rotatable bonds is 2. The van der Waals surface area contributed by atoms with E-state index in [1.165, 1.54) is 18.2 Å². The highest BCUT2D eigenvalue weighted by atomic mass is 19.1. The number of pyridine rings is 1. The number of benzene rings is 1. The van der Waals surface area contributed by atoms with E-state index in [0.717, 1.165) is 12.1 Å². The number of anilines is 1. The fourth-order valence-corrected chi connectivity index (χ4v) is 1.51. The molecule has 0 saturated carbocycles. The number of nitriles is 1. The summed E-state index contributed by atoms with van der Waals surface area (Å²) in [6.45, 7) is 0. The highest BCUT2D eigenvalue weighted by molar-refractivity contribution is 5.65. The van der Waals surface area contributed by atoms with Gasteiger partial charge in [0.05, 0.1) is 11.3 Å². The van der Waals surface area contributed by atoms with E-state index in [1.807, 2.05) is 6.07 Å². The summed E-state index contributed by atoms with van der Waals surface area (Å²) in [5, 5.41) is 8.79. The molecule has 0 aliphatic carbocycles. The van der Waals surface area contributed by atoms with E-state index in [9.17, 15) is 8.78 Å². The number of nitrogens with zero attached hydrogens (tertiary/aromatic N) is 2. The minimum absolute atomic E-state index is 0.136. The second kappa shape index (κ2) is 4.77. The molecule has 0 saturated heterocycles. The molecule has 0 aliphatic rings. The number of hydrogen-bond acceptors (Lipinski definition) is 4. The average molecular weight is 246 g/mol. The van der Waals surface area contributed by atoms with E-state index in [1.54, 1.807) is 0 Å². The first-order valence-corrected chi connectivity index (χ1v) is 4.99. The van der Waals surface area contributed by atoms with Gasteiger partial charge in [-0.15, -0.1) is 0 Å². The largest absolute Gasteiger partial charge is 0.307 e. The van der Waals surface area contributed by atoms with Crippen molar-refractivity contribution in [2.75, 3.05) is 5.43 Å². The lowest BCUT2D eigenvalue weighted by Crippen LogP contribution is -2.10. The van der Waals surface area contributed by atoms with Crippen molar-refractivity contribution in [2.24, 2.45) is 5.84 Å². The summed E-state index contributed by atoms with van der Waals surface area (Å²) in [5.41, 5.74) is 2.90. The van der Waals surface area contributed by atoms with Crippen LogP contribution < -0.4 is 11.3 Å². The molecule has 2 rings (SSSR count). The van der Waals surface area contributed by atoms with Gasteiger partial charge in [0, 0.05) is 11.6 Å². The zero-order valence-electron chi connectivity index (χ0n) is 9.11. The Morgan fingerprint density at radius 2 is 2.00 bits per heavy atom. The summed E-state index contributed by atoms with van der Waals surface area (Å²) in [6.07, 6.45) is 0. The van der Waals surface area contributed by atoms with Crippen molar-refractivity contribution >= 4 is 5.82 Å². The van der Waals surface area contributed by atoms with Gasteiger partial charge in [0.2, 0.25) is 0 Å². The van der Waals surface area contributed by atoms with Gasteiger partial charge in [-0.05, 0) is 24.3 Å². The molecule has 0 aliphatic heterocycles. The van der Waals surface area contributed by atoms with Gasteiger partial charge in [0.1, 0.15) is 17.7 Å². The topological polar surface area (TPSA) is 74.7 Å². The van der Waals surface area contributed by atoms with Crippen molar-refractivity contribution in [1.29, 1.82) is 5.26 Å². The molecule has 0 atom stereocenters. The second-order valence-electron chi connectivity index (χ2n) is 3.47. The molecule has 18 heavy (non-hydrogen) atoms. The number of nitrogens with one attached hydrogen (secondary N) is 1. The quantitative estimate of drug-likeness (QED) is 0.629. The predicted octanol–water partition coefficient (Wildman–Crippen LogP) is 2.18. The van der Waals surface area contributed by atoms with Crippen molar-refractivity contribution in [3.05, 3.63) is 47.5 Å². The summed E-state index contributed by atoms with van der Waals surface area (Å²) >= 11 is 0. The third-order valence-electron chi connectivity index (χ3n) is 2.36. The molecule has 2 aromatic rings. The van der Waals surface area contributed by atoms with Crippen LogP contribution in [-0.4, -0.2) is 4.98 Å². The normalized spacial score (nSPS) is 9.89. The molecule has 0 fully saturated rings.